The van der Waals surface area contributed by atoms with Gasteiger partial charge in [-0.1, -0.05) is 17.7 Å². The first-order valence-electron chi connectivity index (χ1n) is 5.19. The normalized spacial score (nSPS) is 10.3. The monoisotopic (exact) mass is 209 g/mol. The summed E-state index contributed by atoms with van der Waals surface area (Å²) in [4.78, 5) is 0. The molecule has 0 aliphatic rings. The number of methoxy groups -OCH3 is 1. The van der Waals surface area contributed by atoms with Crippen molar-refractivity contribution >= 4 is 0 Å². The van der Waals surface area contributed by atoms with Crippen LogP contribution in [0.1, 0.15) is 11.1 Å². The highest BCUT2D eigenvalue weighted by Gasteiger charge is 2.02. The lowest BCUT2D eigenvalue weighted by molar-refractivity contribution is 0.146. The summed E-state index contributed by atoms with van der Waals surface area (Å²) < 4.78 is 10.5. The van der Waals surface area contributed by atoms with Crippen molar-refractivity contribution in [3.8, 4) is 5.75 Å². The Morgan fingerprint density at radius 3 is 2.73 bits per heavy atom. The second-order valence-electron chi connectivity index (χ2n) is 3.49. The van der Waals surface area contributed by atoms with Gasteiger partial charge in [0.15, 0.2) is 0 Å². The van der Waals surface area contributed by atoms with Crippen molar-refractivity contribution in [2.75, 3.05) is 26.9 Å². The number of nitrogens with two attached hydrogens (primary N) is 1. The Balaban J connectivity index is 2.67. The molecule has 2 N–H and O–H groups in total. The van der Waals surface area contributed by atoms with E-state index in [2.05, 4.69) is 13.0 Å². The summed E-state index contributed by atoms with van der Waals surface area (Å²) >= 11 is 0. The van der Waals surface area contributed by atoms with Crippen molar-refractivity contribution in [2.45, 2.75) is 13.3 Å². The second-order valence-corrected chi connectivity index (χ2v) is 3.49. The van der Waals surface area contributed by atoms with Gasteiger partial charge in [-0.3, -0.25) is 0 Å². The van der Waals surface area contributed by atoms with Gasteiger partial charge in [-0.15, -0.1) is 0 Å². The van der Waals surface area contributed by atoms with E-state index < -0.39 is 0 Å². The zero-order valence-electron chi connectivity index (χ0n) is 9.45. The first-order chi connectivity index (χ1) is 7.27. The lowest BCUT2D eigenvalue weighted by Gasteiger charge is -2.11. The minimum absolute atomic E-state index is 0.580. The zero-order valence-corrected chi connectivity index (χ0v) is 9.45. The van der Waals surface area contributed by atoms with Crippen LogP contribution in [0, 0.1) is 6.92 Å². The van der Waals surface area contributed by atoms with Crippen molar-refractivity contribution in [2.24, 2.45) is 5.73 Å². The van der Waals surface area contributed by atoms with Gasteiger partial charge in [0.05, 0.1) is 6.61 Å². The molecule has 3 nitrogen and oxygen atoms in total. The molecule has 0 amide bonds. The molecule has 0 fully saturated rings. The molecule has 0 bridgehead atoms. The maximum atomic E-state index is 5.60. The van der Waals surface area contributed by atoms with E-state index in [4.69, 9.17) is 15.2 Å². The highest BCUT2D eigenvalue weighted by molar-refractivity contribution is 5.37. The molecule has 1 rings (SSSR count). The second kappa shape index (κ2) is 6.43. The summed E-state index contributed by atoms with van der Waals surface area (Å²) in [6, 6.07) is 6.16. The van der Waals surface area contributed by atoms with Crippen LogP contribution in [0.25, 0.3) is 0 Å². The Morgan fingerprint density at radius 2 is 2.07 bits per heavy atom. The Morgan fingerprint density at radius 1 is 1.27 bits per heavy atom. The molecule has 0 radical (unpaired) electrons. The van der Waals surface area contributed by atoms with Gasteiger partial charge < -0.3 is 15.2 Å². The number of aryl methyl sites for hydroxylation is 1. The number of rotatable bonds is 6. The molecule has 0 aliphatic carbocycles. The standard InChI is InChI=1S/C12H19NO2/c1-10-3-4-12(15-8-7-14-2)11(9-10)5-6-13/h3-4,9H,5-8,13H2,1-2H3. The van der Waals surface area contributed by atoms with Crippen LogP contribution in [-0.2, 0) is 11.2 Å². The van der Waals surface area contributed by atoms with Crippen LogP contribution >= 0.6 is 0 Å². The van der Waals surface area contributed by atoms with Crippen molar-refractivity contribution in [1.82, 2.24) is 0 Å². The van der Waals surface area contributed by atoms with Crippen LogP contribution in [0.15, 0.2) is 18.2 Å². The topological polar surface area (TPSA) is 44.5 Å². The van der Waals surface area contributed by atoms with E-state index >= 15 is 0 Å². The van der Waals surface area contributed by atoms with E-state index in [1.165, 1.54) is 11.1 Å². The van der Waals surface area contributed by atoms with E-state index in [0.717, 1.165) is 12.2 Å². The number of ether oxygens (including phenoxy) is 2. The SMILES string of the molecule is COCCOc1ccc(C)cc1CCN. The predicted octanol–water partition coefficient (Wildman–Crippen LogP) is 1.52. The lowest BCUT2D eigenvalue weighted by atomic mass is 10.1. The molecule has 15 heavy (non-hydrogen) atoms. The largest absolute Gasteiger partial charge is 0.491 e. The predicted molar refractivity (Wildman–Crippen MR) is 61.3 cm³/mol. The van der Waals surface area contributed by atoms with Crippen molar-refractivity contribution in [1.29, 1.82) is 0 Å². The van der Waals surface area contributed by atoms with Crippen LogP contribution in [-0.4, -0.2) is 26.9 Å². The molecule has 1 aromatic rings. The summed E-state index contributed by atoms with van der Waals surface area (Å²) in [7, 11) is 1.67. The Kier molecular flexibility index (Phi) is 5.15. The molecule has 0 unspecified atom stereocenters. The minimum Gasteiger partial charge on any atom is -0.491 e. The minimum atomic E-state index is 0.580. The molecule has 1 aromatic carbocycles. The third-order valence-corrected chi connectivity index (χ3v) is 2.17. The van der Waals surface area contributed by atoms with Gasteiger partial charge in [0.25, 0.3) is 0 Å². The first-order valence-corrected chi connectivity index (χ1v) is 5.19. The Labute approximate surface area is 91.2 Å². The van der Waals surface area contributed by atoms with Crippen LogP contribution in [0.2, 0.25) is 0 Å². The quantitative estimate of drug-likeness (QED) is 0.722. The van der Waals surface area contributed by atoms with E-state index in [9.17, 15) is 0 Å². The Bertz CT molecular complexity index is 300. The van der Waals surface area contributed by atoms with E-state index in [1.54, 1.807) is 7.11 Å². The average Bonchev–Trinajstić information content (AvgIpc) is 2.22. The van der Waals surface area contributed by atoms with E-state index in [0.29, 0.717) is 19.8 Å². The van der Waals surface area contributed by atoms with Crippen LogP contribution in [0.5, 0.6) is 5.75 Å². The number of hydrogen-bond acceptors (Lipinski definition) is 3. The summed E-state index contributed by atoms with van der Waals surface area (Å²) in [6.07, 6.45) is 0.851. The Hall–Kier alpha value is -1.06. The molecular formula is C12H19NO2. The van der Waals surface area contributed by atoms with Gasteiger partial charge in [0.2, 0.25) is 0 Å². The van der Waals surface area contributed by atoms with Crippen LogP contribution in [0.4, 0.5) is 0 Å². The fourth-order valence-corrected chi connectivity index (χ4v) is 1.43. The van der Waals surface area contributed by atoms with Gasteiger partial charge >= 0.3 is 0 Å². The molecule has 0 aromatic heterocycles. The fourth-order valence-electron chi connectivity index (χ4n) is 1.43. The van der Waals surface area contributed by atoms with Crippen molar-refractivity contribution in [3.63, 3.8) is 0 Å². The van der Waals surface area contributed by atoms with E-state index in [-0.39, 0.29) is 0 Å². The average molecular weight is 209 g/mol. The molecule has 0 saturated heterocycles. The first kappa shape index (κ1) is 12.0. The maximum Gasteiger partial charge on any atom is 0.122 e. The third-order valence-electron chi connectivity index (χ3n) is 2.17. The van der Waals surface area contributed by atoms with Gasteiger partial charge in [0.1, 0.15) is 12.4 Å². The van der Waals surface area contributed by atoms with Gasteiger partial charge in [0, 0.05) is 7.11 Å². The summed E-state index contributed by atoms with van der Waals surface area (Å²) in [5.41, 5.74) is 7.96. The number of benzene rings is 1. The summed E-state index contributed by atoms with van der Waals surface area (Å²) in [5, 5.41) is 0. The van der Waals surface area contributed by atoms with Crippen molar-refractivity contribution in [3.05, 3.63) is 29.3 Å². The van der Waals surface area contributed by atoms with E-state index in [1.807, 2.05) is 12.1 Å². The molecule has 0 heterocycles. The third kappa shape index (κ3) is 3.90. The number of hydrogen-bond donors (Lipinski definition) is 1. The molecule has 3 heteroatoms. The summed E-state index contributed by atoms with van der Waals surface area (Å²) in [5.74, 6) is 0.920. The van der Waals surface area contributed by atoms with Gasteiger partial charge in [-0.2, -0.15) is 0 Å². The molecule has 0 aliphatic heterocycles. The molecule has 84 valence electrons. The van der Waals surface area contributed by atoms with Gasteiger partial charge in [-0.05, 0) is 31.5 Å². The van der Waals surface area contributed by atoms with Crippen LogP contribution < -0.4 is 10.5 Å². The van der Waals surface area contributed by atoms with Crippen LogP contribution in [0.3, 0.4) is 0 Å². The highest BCUT2D eigenvalue weighted by Crippen LogP contribution is 2.20. The molecule has 0 saturated carbocycles. The molecular weight excluding hydrogens is 190 g/mol. The zero-order chi connectivity index (χ0) is 11.1. The summed E-state index contributed by atoms with van der Waals surface area (Å²) in [6.45, 7) is 3.90. The van der Waals surface area contributed by atoms with Gasteiger partial charge in [-0.25, -0.2) is 0 Å². The highest BCUT2D eigenvalue weighted by atomic mass is 16.5. The van der Waals surface area contributed by atoms with Crippen molar-refractivity contribution < 1.29 is 9.47 Å². The lowest BCUT2D eigenvalue weighted by Crippen LogP contribution is -2.08. The molecule has 0 spiro atoms. The molecule has 0 atom stereocenters. The fraction of sp³-hybridized carbons (Fsp3) is 0.500. The maximum absolute atomic E-state index is 5.60. The smallest absolute Gasteiger partial charge is 0.122 e.